The molecule has 0 fully saturated rings. The second-order valence-electron chi connectivity index (χ2n) is 8.18. The number of benzene rings is 1. The number of carbonyl (C=O) groups is 1. The first-order chi connectivity index (χ1) is 13.3. The molecule has 2 aromatic heterocycles. The fourth-order valence-electron chi connectivity index (χ4n) is 3.20. The zero-order chi connectivity index (χ0) is 20.3. The molecular formula is C24H27NO2S. The van der Waals surface area contributed by atoms with Crippen LogP contribution in [0, 0.1) is 0 Å². The number of aromatic nitrogens is 1. The highest BCUT2D eigenvalue weighted by atomic mass is 32.1. The van der Waals surface area contributed by atoms with E-state index in [-0.39, 0.29) is 11.4 Å². The van der Waals surface area contributed by atoms with Crippen molar-refractivity contribution >= 4 is 17.3 Å². The third-order valence-corrected chi connectivity index (χ3v) is 6.19. The first-order valence-corrected chi connectivity index (χ1v) is 10.3. The number of thiophene rings is 1. The van der Waals surface area contributed by atoms with Gasteiger partial charge in [0.1, 0.15) is 0 Å². The van der Waals surface area contributed by atoms with Gasteiger partial charge in [-0.2, -0.15) is 0 Å². The van der Waals surface area contributed by atoms with Crippen LogP contribution in [0.5, 0.6) is 0 Å². The van der Waals surface area contributed by atoms with Gasteiger partial charge in [0.2, 0.25) is 0 Å². The summed E-state index contributed by atoms with van der Waals surface area (Å²) in [6, 6.07) is 16.4. The molecule has 3 aromatic rings. The van der Waals surface area contributed by atoms with E-state index in [1.54, 1.807) is 11.3 Å². The van der Waals surface area contributed by atoms with Gasteiger partial charge in [0.05, 0.1) is 23.2 Å². The van der Waals surface area contributed by atoms with Crippen molar-refractivity contribution in [2.24, 2.45) is 0 Å². The van der Waals surface area contributed by atoms with Crippen molar-refractivity contribution in [2.45, 2.75) is 45.4 Å². The van der Waals surface area contributed by atoms with Crippen LogP contribution >= 0.6 is 11.3 Å². The second kappa shape index (κ2) is 8.27. The number of carbonyl (C=O) groups excluding carboxylic acids is 1. The Balaban J connectivity index is 1.86. The highest BCUT2D eigenvalue weighted by Gasteiger charge is 2.19. The largest absolute Gasteiger partial charge is 0.465 e. The Labute approximate surface area is 171 Å². The van der Waals surface area contributed by atoms with Crippen molar-refractivity contribution in [3.05, 3.63) is 76.3 Å². The third-order valence-electron chi connectivity index (χ3n) is 4.85. The van der Waals surface area contributed by atoms with Gasteiger partial charge in [-0.1, -0.05) is 39.8 Å². The highest BCUT2D eigenvalue weighted by Crippen LogP contribution is 2.33. The van der Waals surface area contributed by atoms with Crippen molar-refractivity contribution < 1.29 is 9.53 Å². The van der Waals surface area contributed by atoms with Crippen LogP contribution in [0.2, 0.25) is 0 Å². The maximum atomic E-state index is 12.1. The monoisotopic (exact) mass is 393 g/mol. The minimum Gasteiger partial charge on any atom is -0.465 e. The highest BCUT2D eigenvalue weighted by molar-refractivity contribution is 7.15. The Hall–Kier alpha value is -2.46. The smallest absolute Gasteiger partial charge is 0.337 e. The zero-order valence-electron chi connectivity index (χ0n) is 17.2. The summed E-state index contributed by atoms with van der Waals surface area (Å²) in [7, 11) is 1.43. The van der Waals surface area contributed by atoms with Crippen LogP contribution in [0.15, 0.2) is 54.7 Å². The van der Waals surface area contributed by atoms with E-state index in [9.17, 15) is 4.79 Å². The van der Waals surface area contributed by atoms with Crippen molar-refractivity contribution in [1.82, 2.24) is 4.98 Å². The van der Waals surface area contributed by atoms with E-state index in [0.717, 1.165) is 23.2 Å². The molecule has 28 heavy (non-hydrogen) atoms. The number of ether oxygens (including phenoxy) is 1. The summed E-state index contributed by atoms with van der Waals surface area (Å²) in [6.07, 6.45) is 2.70. The number of hydrogen-bond donors (Lipinski definition) is 0. The van der Waals surface area contributed by atoms with Crippen molar-refractivity contribution in [2.75, 3.05) is 7.11 Å². The number of pyridine rings is 1. The van der Waals surface area contributed by atoms with E-state index in [1.807, 2.05) is 36.5 Å². The Morgan fingerprint density at radius 1 is 1.14 bits per heavy atom. The van der Waals surface area contributed by atoms with Crippen molar-refractivity contribution in [3.8, 4) is 10.6 Å². The molecule has 0 bridgehead atoms. The minimum absolute atomic E-state index is 0.0307. The molecule has 0 unspecified atom stereocenters. The van der Waals surface area contributed by atoms with Gasteiger partial charge in [0, 0.05) is 11.1 Å². The van der Waals surface area contributed by atoms with Crippen LogP contribution in [-0.4, -0.2) is 18.1 Å². The average molecular weight is 394 g/mol. The molecule has 0 spiro atoms. The molecule has 1 atom stereocenters. The summed E-state index contributed by atoms with van der Waals surface area (Å²) in [5.41, 5.74) is 3.91. The molecule has 1 aromatic carbocycles. The van der Waals surface area contributed by atoms with Gasteiger partial charge in [-0.05, 0) is 65.3 Å². The molecule has 0 aliphatic rings. The predicted octanol–water partition coefficient (Wildman–Crippen LogP) is 6.24. The number of nitrogens with zero attached hydrogens (tertiary/aromatic N) is 1. The molecule has 0 radical (unpaired) electrons. The molecule has 0 saturated heterocycles. The van der Waals surface area contributed by atoms with Crippen molar-refractivity contribution in [1.29, 1.82) is 0 Å². The molecule has 3 nitrogen and oxygen atoms in total. The van der Waals surface area contributed by atoms with E-state index < -0.39 is 0 Å². The van der Waals surface area contributed by atoms with Gasteiger partial charge in [0.25, 0.3) is 0 Å². The fourth-order valence-corrected chi connectivity index (χ4v) is 4.23. The summed E-state index contributed by atoms with van der Waals surface area (Å²) < 4.78 is 4.96. The average Bonchev–Trinajstić information content (AvgIpc) is 3.17. The van der Waals surface area contributed by atoms with Gasteiger partial charge in [-0.3, -0.25) is 4.98 Å². The second-order valence-corrected chi connectivity index (χ2v) is 9.30. The quantitative estimate of drug-likeness (QED) is 0.482. The van der Waals surface area contributed by atoms with Crippen LogP contribution in [0.3, 0.4) is 0 Å². The Morgan fingerprint density at radius 3 is 2.57 bits per heavy atom. The predicted molar refractivity (Wildman–Crippen MR) is 116 cm³/mol. The standard InChI is InChI=1S/C24H27NO2S/c1-16(21-9-10-22(28-21)20-8-6-7-11-25-20)12-17-13-18(23(26)27-5)15-19(14-17)24(2,3)4/h6-11,13-16H,12H2,1-5H3/t16-/m0/s1. The van der Waals surface area contributed by atoms with Gasteiger partial charge < -0.3 is 4.74 Å². The van der Waals surface area contributed by atoms with Gasteiger partial charge >= 0.3 is 5.97 Å². The van der Waals surface area contributed by atoms with Crippen LogP contribution < -0.4 is 0 Å². The minimum atomic E-state index is -0.284. The van der Waals surface area contributed by atoms with Crippen LogP contribution in [0.25, 0.3) is 10.6 Å². The number of methoxy groups -OCH3 is 1. The Kier molecular flexibility index (Phi) is 5.99. The van der Waals surface area contributed by atoms with E-state index in [0.29, 0.717) is 11.5 Å². The number of rotatable bonds is 5. The number of hydrogen-bond acceptors (Lipinski definition) is 4. The van der Waals surface area contributed by atoms with Crippen LogP contribution in [-0.2, 0) is 16.6 Å². The summed E-state index contributed by atoms with van der Waals surface area (Å²) in [5.74, 6) is 0.0664. The lowest BCUT2D eigenvalue weighted by molar-refractivity contribution is 0.0600. The fraction of sp³-hybridized carbons (Fsp3) is 0.333. The van der Waals surface area contributed by atoms with Crippen LogP contribution in [0.1, 0.15) is 60.0 Å². The zero-order valence-corrected chi connectivity index (χ0v) is 18.0. The van der Waals surface area contributed by atoms with Gasteiger partial charge in [-0.25, -0.2) is 4.79 Å². The molecule has 2 heterocycles. The maximum absolute atomic E-state index is 12.1. The molecule has 3 rings (SSSR count). The van der Waals surface area contributed by atoms with E-state index in [2.05, 4.69) is 50.9 Å². The van der Waals surface area contributed by atoms with Gasteiger partial charge in [0.15, 0.2) is 0 Å². The first kappa shape index (κ1) is 20.3. The Morgan fingerprint density at radius 2 is 1.93 bits per heavy atom. The van der Waals surface area contributed by atoms with E-state index in [1.165, 1.54) is 16.9 Å². The Bertz CT molecular complexity index is 954. The van der Waals surface area contributed by atoms with Crippen LogP contribution in [0.4, 0.5) is 0 Å². The summed E-state index contributed by atoms with van der Waals surface area (Å²) in [5, 5.41) is 0. The molecule has 4 heteroatoms. The van der Waals surface area contributed by atoms with E-state index >= 15 is 0 Å². The molecule has 146 valence electrons. The normalized spacial score (nSPS) is 12.6. The summed E-state index contributed by atoms with van der Waals surface area (Å²) in [4.78, 5) is 19.1. The lowest BCUT2D eigenvalue weighted by atomic mass is 9.84. The molecule has 0 aliphatic heterocycles. The topological polar surface area (TPSA) is 39.2 Å². The van der Waals surface area contributed by atoms with Crippen molar-refractivity contribution in [3.63, 3.8) is 0 Å². The number of esters is 1. The lowest BCUT2D eigenvalue weighted by Crippen LogP contribution is -2.14. The molecular weight excluding hydrogens is 366 g/mol. The SMILES string of the molecule is COC(=O)c1cc(C[C@H](C)c2ccc(-c3ccccn3)s2)cc(C(C)(C)C)c1. The van der Waals surface area contributed by atoms with E-state index in [4.69, 9.17) is 4.74 Å². The molecule has 0 aliphatic carbocycles. The lowest BCUT2D eigenvalue weighted by Gasteiger charge is -2.21. The molecule has 0 amide bonds. The molecule has 0 N–H and O–H groups in total. The summed E-state index contributed by atoms with van der Waals surface area (Å²) in [6.45, 7) is 8.72. The first-order valence-electron chi connectivity index (χ1n) is 9.52. The third kappa shape index (κ3) is 4.68. The summed E-state index contributed by atoms with van der Waals surface area (Å²) >= 11 is 1.78. The molecule has 0 saturated carbocycles. The maximum Gasteiger partial charge on any atom is 0.337 e. The van der Waals surface area contributed by atoms with Gasteiger partial charge in [-0.15, -0.1) is 11.3 Å².